The summed E-state index contributed by atoms with van der Waals surface area (Å²) in [7, 11) is 0. The van der Waals surface area contributed by atoms with E-state index in [0.717, 1.165) is 17.2 Å². The van der Waals surface area contributed by atoms with Crippen LogP contribution in [0.15, 0.2) is 16.0 Å². The summed E-state index contributed by atoms with van der Waals surface area (Å²) < 4.78 is 0.802. The van der Waals surface area contributed by atoms with Crippen molar-refractivity contribution in [2.45, 2.75) is 24.1 Å². The third-order valence-electron chi connectivity index (χ3n) is 1.96. The fourth-order valence-electron chi connectivity index (χ4n) is 1.24. The third-order valence-corrected chi connectivity index (χ3v) is 4.80. The van der Waals surface area contributed by atoms with E-state index in [0.29, 0.717) is 10.9 Å². The van der Waals surface area contributed by atoms with Crippen molar-refractivity contribution >= 4 is 45.5 Å². The van der Waals surface area contributed by atoms with Crippen molar-refractivity contribution in [3.8, 4) is 0 Å². The first-order valence-corrected chi connectivity index (χ1v) is 8.09. The highest BCUT2D eigenvalue weighted by Gasteiger charge is 2.08. The Bertz CT molecular complexity index is 497. The number of aryl methyl sites for hydroxylation is 1. The summed E-state index contributed by atoms with van der Waals surface area (Å²) in [5.41, 5.74) is 1.65. The van der Waals surface area contributed by atoms with Gasteiger partial charge in [-0.3, -0.25) is 4.79 Å². The quantitative estimate of drug-likeness (QED) is 0.831. The molecule has 2 aromatic rings. The van der Waals surface area contributed by atoms with Gasteiger partial charge < -0.3 is 5.32 Å². The minimum atomic E-state index is -0.0624. The molecule has 2 aromatic heterocycles. The van der Waals surface area contributed by atoms with Crippen molar-refractivity contribution in [3.63, 3.8) is 0 Å². The number of nitrogens with zero attached hydrogens (tertiary/aromatic N) is 3. The molecule has 0 bridgehead atoms. The normalized spacial score (nSPS) is 10.5. The van der Waals surface area contributed by atoms with E-state index in [9.17, 15) is 4.79 Å². The van der Waals surface area contributed by atoms with Crippen LogP contribution in [-0.4, -0.2) is 26.8 Å². The molecule has 0 aliphatic heterocycles. The molecule has 0 atom stereocenters. The van der Waals surface area contributed by atoms with E-state index in [1.54, 1.807) is 5.51 Å². The Kier molecular flexibility index (Phi) is 5.09. The number of hydrogen-bond acceptors (Lipinski definition) is 7. The summed E-state index contributed by atoms with van der Waals surface area (Å²) in [6, 6.07) is 0. The van der Waals surface area contributed by atoms with Gasteiger partial charge in [-0.05, 0) is 6.42 Å². The summed E-state index contributed by atoms with van der Waals surface area (Å²) in [6.45, 7) is 2.12. The molecule has 96 valence electrons. The molecule has 1 N–H and O–H groups in total. The lowest BCUT2D eigenvalue weighted by molar-refractivity contribution is -0.113. The first kappa shape index (κ1) is 13.4. The monoisotopic (exact) mass is 300 g/mol. The Morgan fingerprint density at radius 3 is 3.17 bits per heavy atom. The Balaban J connectivity index is 1.79. The number of nitrogens with one attached hydrogen (secondary N) is 1. The highest BCUT2D eigenvalue weighted by atomic mass is 32.2. The Morgan fingerprint density at radius 1 is 1.56 bits per heavy atom. The van der Waals surface area contributed by atoms with Gasteiger partial charge in [0.1, 0.15) is 5.51 Å². The van der Waals surface area contributed by atoms with Gasteiger partial charge in [-0.25, -0.2) is 4.98 Å². The van der Waals surface area contributed by atoms with Gasteiger partial charge in [-0.15, -0.1) is 21.5 Å². The Labute approximate surface area is 117 Å². The van der Waals surface area contributed by atoms with Gasteiger partial charge in [0.05, 0.1) is 5.75 Å². The van der Waals surface area contributed by atoms with E-state index < -0.39 is 0 Å². The predicted molar refractivity (Wildman–Crippen MR) is 75.4 cm³/mol. The van der Waals surface area contributed by atoms with Gasteiger partial charge in [0.15, 0.2) is 9.47 Å². The van der Waals surface area contributed by atoms with E-state index in [-0.39, 0.29) is 5.91 Å². The lowest BCUT2D eigenvalue weighted by atomic mass is 10.3. The van der Waals surface area contributed by atoms with Crippen molar-refractivity contribution in [2.75, 3.05) is 11.1 Å². The van der Waals surface area contributed by atoms with E-state index in [1.807, 2.05) is 6.20 Å². The Hall–Kier alpha value is -0.990. The number of thiazole rings is 1. The summed E-state index contributed by atoms with van der Waals surface area (Å²) in [4.78, 5) is 17.0. The fraction of sp³-hybridized carbons (Fsp3) is 0.400. The fourth-order valence-corrected chi connectivity index (χ4v) is 3.45. The highest BCUT2D eigenvalue weighted by molar-refractivity contribution is 8.01. The maximum Gasteiger partial charge on any atom is 0.236 e. The van der Waals surface area contributed by atoms with Crippen LogP contribution in [0.5, 0.6) is 0 Å². The number of aromatic nitrogens is 3. The number of amides is 1. The molecule has 18 heavy (non-hydrogen) atoms. The molecule has 0 fully saturated rings. The second-order valence-electron chi connectivity index (χ2n) is 3.42. The first-order valence-electron chi connectivity index (χ1n) is 5.41. The maximum absolute atomic E-state index is 11.7. The molecule has 2 heterocycles. The van der Waals surface area contributed by atoms with E-state index in [4.69, 9.17) is 0 Å². The first-order chi connectivity index (χ1) is 8.78. The van der Waals surface area contributed by atoms with Crippen LogP contribution < -0.4 is 5.32 Å². The summed E-state index contributed by atoms with van der Waals surface area (Å²) >= 11 is 4.34. The molecule has 0 aliphatic rings. The van der Waals surface area contributed by atoms with Crippen molar-refractivity contribution in [1.29, 1.82) is 0 Å². The Morgan fingerprint density at radius 2 is 2.44 bits per heavy atom. The number of rotatable bonds is 6. The molecule has 5 nitrogen and oxygen atoms in total. The lowest BCUT2D eigenvalue weighted by Gasteiger charge is -1.98. The maximum atomic E-state index is 11.7. The number of thioether (sulfide) groups is 1. The van der Waals surface area contributed by atoms with Crippen LogP contribution in [0.25, 0.3) is 0 Å². The number of anilines is 1. The number of carbonyl (C=O) groups excluding carboxylic acids is 1. The molecule has 0 radical (unpaired) electrons. The number of carbonyl (C=O) groups is 1. The van der Waals surface area contributed by atoms with Crippen molar-refractivity contribution < 1.29 is 4.79 Å². The van der Waals surface area contributed by atoms with Crippen LogP contribution in [0.1, 0.15) is 18.2 Å². The molecule has 2 rings (SSSR count). The molecular formula is C10H12N4OS3. The summed E-state index contributed by atoms with van der Waals surface area (Å²) in [6.07, 6.45) is 3.91. The summed E-state index contributed by atoms with van der Waals surface area (Å²) in [5, 5.41) is 11.0. The van der Waals surface area contributed by atoms with Crippen molar-refractivity contribution in [3.05, 3.63) is 16.6 Å². The van der Waals surface area contributed by atoms with E-state index in [1.165, 1.54) is 39.3 Å². The average molecular weight is 300 g/mol. The largest absolute Gasteiger partial charge is 0.301 e. The summed E-state index contributed by atoms with van der Waals surface area (Å²) in [5.74, 6) is 0.269. The predicted octanol–water partition coefficient (Wildman–Crippen LogP) is 2.68. The SMILES string of the molecule is CCCc1cnc(NC(=O)CSc2nncs2)s1. The second-order valence-corrected chi connectivity index (χ2v) is 6.59. The minimum absolute atomic E-state index is 0.0624. The van der Waals surface area contributed by atoms with Crippen LogP contribution in [0.4, 0.5) is 5.13 Å². The zero-order chi connectivity index (χ0) is 12.8. The standard InChI is InChI=1S/C10H12N4OS3/c1-2-3-7-4-11-9(18-7)13-8(15)5-16-10-14-12-6-17-10/h4,6H,2-3,5H2,1H3,(H,11,13,15). The topological polar surface area (TPSA) is 67.8 Å². The van der Waals surface area contributed by atoms with Crippen molar-refractivity contribution in [2.24, 2.45) is 0 Å². The van der Waals surface area contributed by atoms with E-state index in [2.05, 4.69) is 27.4 Å². The molecule has 1 amide bonds. The van der Waals surface area contributed by atoms with Crippen LogP contribution in [0.3, 0.4) is 0 Å². The van der Waals surface area contributed by atoms with Gasteiger partial charge in [0.2, 0.25) is 5.91 Å². The highest BCUT2D eigenvalue weighted by Crippen LogP contribution is 2.21. The van der Waals surface area contributed by atoms with Crippen LogP contribution in [0.2, 0.25) is 0 Å². The molecule has 0 aromatic carbocycles. The molecule has 0 aliphatic carbocycles. The molecular weight excluding hydrogens is 288 g/mol. The average Bonchev–Trinajstić information content (AvgIpc) is 2.99. The zero-order valence-electron chi connectivity index (χ0n) is 9.75. The third kappa shape index (κ3) is 4.04. The van der Waals surface area contributed by atoms with Gasteiger partial charge in [0.25, 0.3) is 0 Å². The van der Waals surface area contributed by atoms with Crippen LogP contribution >= 0.6 is 34.4 Å². The van der Waals surface area contributed by atoms with Gasteiger partial charge >= 0.3 is 0 Å². The second kappa shape index (κ2) is 6.81. The van der Waals surface area contributed by atoms with Crippen LogP contribution in [-0.2, 0) is 11.2 Å². The van der Waals surface area contributed by atoms with Crippen molar-refractivity contribution in [1.82, 2.24) is 15.2 Å². The minimum Gasteiger partial charge on any atom is -0.301 e. The molecule has 0 unspecified atom stereocenters. The number of hydrogen-bond donors (Lipinski definition) is 1. The van der Waals surface area contributed by atoms with Gasteiger partial charge in [0, 0.05) is 11.1 Å². The molecule has 0 spiro atoms. The molecule has 0 saturated carbocycles. The molecule has 8 heteroatoms. The van der Waals surface area contributed by atoms with Gasteiger partial charge in [-0.2, -0.15) is 0 Å². The van der Waals surface area contributed by atoms with E-state index >= 15 is 0 Å². The van der Waals surface area contributed by atoms with Crippen LogP contribution in [0, 0.1) is 0 Å². The smallest absolute Gasteiger partial charge is 0.236 e. The molecule has 0 saturated heterocycles. The van der Waals surface area contributed by atoms with Gasteiger partial charge in [-0.1, -0.05) is 36.4 Å². The lowest BCUT2D eigenvalue weighted by Crippen LogP contribution is -2.13. The zero-order valence-corrected chi connectivity index (χ0v) is 12.2.